The monoisotopic (exact) mass is 197 g/mol. The number of nitrogens with zero attached hydrogens (tertiary/aromatic N) is 2. The van der Waals surface area contributed by atoms with E-state index in [0.29, 0.717) is 18.8 Å². The Hall–Kier alpha value is -1.52. The van der Waals surface area contributed by atoms with Crippen molar-refractivity contribution in [2.45, 2.75) is 19.9 Å². The summed E-state index contributed by atoms with van der Waals surface area (Å²) in [4.78, 5) is 11.0. The normalized spacial score (nSPS) is 9.93. The van der Waals surface area contributed by atoms with Gasteiger partial charge in [0, 0.05) is 19.5 Å². The predicted octanol–water partition coefficient (Wildman–Crippen LogP) is 0.455. The molecular formula is C9H15N3O2. The van der Waals surface area contributed by atoms with Gasteiger partial charge >= 0.3 is 0 Å². The molecule has 0 aliphatic rings. The molecule has 0 aliphatic carbocycles. The molecule has 0 aromatic carbocycles. The Kier molecular flexibility index (Phi) is 3.50. The molecule has 0 atom stereocenters. The van der Waals surface area contributed by atoms with Crippen LogP contribution in [0.25, 0.3) is 0 Å². The SMILES string of the molecule is CCC(=O)NCc1cc(OC)n(C)n1. The first kappa shape index (κ1) is 10.6. The van der Waals surface area contributed by atoms with Gasteiger partial charge in [0.1, 0.15) is 0 Å². The van der Waals surface area contributed by atoms with Gasteiger partial charge in [0.15, 0.2) is 0 Å². The standard InChI is InChI=1S/C9H15N3O2/c1-4-8(13)10-6-7-5-9(14-3)12(2)11-7/h5H,4,6H2,1-3H3,(H,10,13). The molecule has 0 saturated heterocycles. The van der Waals surface area contributed by atoms with Gasteiger partial charge in [0.2, 0.25) is 11.8 Å². The Morgan fingerprint density at radius 1 is 1.71 bits per heavy atom. The highest BCUT2D eigenvalue weighted by atomic mass is 16.5. The summed E-state index contributed by atoms with van der Waals surface area (Å²) < 4.78 is 6.68. The van der Waals surface area contributed by atoms with Crippen molar-refractivity contribution in [3.05, 3.63) is 11.8 Å². The summed E-state index contributed by atoms with van der Waals surface area (Å²) in [6, 6.07) is 1.80. The molecule has 0 saturated carbocycles. The van der Waals surface area contributed by atoms with Gasteiger partial charge in [0.25, 0.3) is 0 Å². The summed E-state index contributed by atoms with van der Waals surface area (Å²) in [6.45, 7) is 2.26. The van der Waals surface area contributed by atoms with Crippen LogP contribution in [0.5, 0.6) is 5.88 Å². The Bertz CT molecular complexity index is 320. The Morgan fingerprint density at radius 2 is 2.43 bits per heavy atom. The summed E-state index contributed by atoms with van der Waals surface area (Å²) in [6.07, 6.45) is 0.490. The number of carbonyl (C=O) groups excluding carboxylic acids is 1. The lowest BCUT2D eigenvalue weighted by Gasteiger charge is -1.98. The summed E-state index contributed by atoms with van der Waals surface area (Å²) >= 11 is 0. The fourth-order valence-electron chi connectivity index (χ4n) is 1.10. The number of rotatable bonds is 4. The second-order valence-corrected chi connectivity index (χ2v) is 2.93. The van der Waals surface area contributed by atoms with Crippen LogP contribution in [0.1, 0.15) is 19.0 Å². The number of carbonyl (C=O) groups is 1. The number of nitrogens with one attached hydrogen (secondary N) is 1. The highest BCUT2D eigenvalue weighted by molar-refractivity contribution is 5.75. The highest BCUT2D eigenvalue weighted by Gasteiger charge is 2.05. The third-order valence-corrected chi connectivity index (χ3v) is 1.88. The van der Waals surface area contributed by atoms with Gasteiger partial charge in [-0.15, -0.1) is 0 Å². The number of methoxy groups -OCH3 is 1. The van der Waals surface area contributed by atoms with Gasteiger partial charge < -0.3 is 10.1 Å². The molecule has 5 nitrogen and oxygen atoms in total. The van der Waals surface area contributed by atoms with Crippen molar-refractivity contribution in [3.63, 3.8) is 0 Å². The van der Waals surface area contributed by atoms with E-state index in [1.54, 1.807) is 24.9 Å². The lowest BCUT2D eigenvalue weighted by molar-refractivity contribution is -0.120. The molecule has 1 rings (SSSR count). The van der Waals surface area contributed by atoms with Gasteiger partial charge in [0.05, 0.1) is 19.3 Å². The van der Waals surface area contributed by atoms with Crippen LogP contribution in [0.15, 0.2) is 6.07 Å². The molecule has 78 valence electrons. The van der Waals surface area contributed by atoms with Crippen molar-refractivity contribution < 1.29 is 9.53 Å². The summed E-state index contributed by atoms with van der Waals surface area (Å²) in [5, 5.41) is 6.91. The molecule has 0 fully saturated rings. The molecule has 0 aliphatic heterocycles. The Labute approximate surface area is 83.1 Å². The molecule has 1 aromatic heterocycles. The summed E-state index contributed by atoms with van der Waals surface area (Å²) in [5.74, 6) is 0.709. The largest absolute Gasteiger partial charge is 0.481 e. The van der Waals surface area contributed by atoms with E-state index in [0.717, 1.165) is 5.69 Å². The van der Waals surface area contributed by atoms with Crippen molar-refractivity contribution in [2.24, 2.45) is 7.05 Å². The molecule has 0 bridgehead atoms. The number of hydrogen-bond donors (Lipinski definition) is 1. The fourth-order valence-corrected chi connectivity index (χ4v) is 1.10. The molecule has 1 amide bonds. The second-order valence-electron chi connectivity index (χ2n) is 2.93. The maximum absolute atomic E-state index is 11.0. The fraction of sp³-hybridized carbons (Fsp3) is 0.556. The number of ether oxygens (including phenoxy) is 1. The average molecular weight is 197 g/mol. The lowest BCUT2D eigenvalue weighted by atomic mass is 10.4. The van der Waals surface area contributed by atoms with Crippen molar-refractivity contribution in [1.29, 1.82) is 0 Å². The Balaban J connectivity index is 2.55. The highest BCUT2D eigenvalue weighted by Crippen LogP contribution is 2.10. The number of hydrogen-bond acceptors (Lipinski definition) is 3. The van der Waals surface area contributed by atoms with E-state index < -0.39 is 0 Å². The van der Waals surface area contributed by atoms with E-state index in [-0.39, 0.29) is 5.91 Å². The first-order valence-corrected chi connectivity index (χ1v) is 4.51. The van der Waals surface area contributed by atoms with Crippen LogP contribution < -0.4 is 10.1 Å². The summed E-state index contributed by atoms with van der Waals surface area (Å²) in [7, 11) is 3.38. The van der Waals surface area contributed by atoms with Gasteiger partial charge in [-0.25, -0.2) is 4.68 Å². The summed E-state index contributed by atoms with van der Waals surface area (Å²) in [5.41, 5.74) is 0.797. The van der Waals surface area contributed by atoms with Crippen LogP contribution in [0.3, 0.4) is 0 Å². The molecule has 1 heterocycles. The number of aryl methyl sites for hydroxylation is 1. The number of aromatic nitrogens is 2. The molecule has 5 heteroatoms. The minimum absolute atomic E-state index is 0.0228. The maximum atomic E-state index is 11.0. The average Bonchev–Trinajstić information content (AvgIpc) is 2.55. The van der Waals surface area contributed by atoms with E-state index in [2.05, 4.69) is 10.4 Å². The first-order chi connectivity index (χ1) is 6.67. The number of amides is 1. The quantitative estimate of drug-likeness (QED) is 0.762. The lowest BCUT2D eigenvalue weighted by Crippen LogP contribution is -2.21. The third kappa shape index (κ3) is 2.48. The molecule has 0 spiro atoms. The van der Waals surface area contributed by atoms with Gasteiger partial charge in [-0.1, -0.05) is 6.92 Å². The molecule has 1 aromatic rings. The first-order valence-electron chi connectivity index (χ1n) is 4.51. The maximum Gasteiger partial charge on any atom is 0.220 e. The van der Waals surface area contributed by atoms with Gasteiger partial charge in [-0.05, 0) is 0 Å². The smallest absolute Gasteiger partial charge is 0.220 e. The molecule has 0 radical (unpaired) electrons. The van der Waals surface area contributed by atoms with E-state index >= 15 is 0 Å². The van der Waals surface area contributed by atoms with Crippen LogP contribution in [-0.2, 0) is 18.4 Å². The Morgan fingerprint density at radius 3 is 2.93 bits per heavy atom. The minimum atomic E-state index is 0.0228. The van der Waals surface area contributed by atoms with Crippen LogP contribution >= 0.6 is 0 Å². The van der Waals surface area contributed by atoms with E-state index in [1.165, 1.54) is 0 Å². The van der Waals surface area contributed by atoms with Gasteiger partial charge in [-0.2, -0.15) is 5.10 Å². The molecule has 0 unspecified atom stereocenters. The van der Waals surface area contributed by atoms with Crippen LogP contribution in [0, 0.1) is 0 Å². The predicted molar refractivity (Wildman–Crippen MR) is 51.9 cm³/mol. The molecule has 1 N–H and O–H groups in total. The molecular weight excluding hydrogens is 182 g/mol. The van der Waals surface area contributed by atoms with Crippen LogP contribution in [0.2, 0.25) is 0 Å². The minimum Gasteiger partial charge on any atom is -0.481 e. The van der Waals surface area contributed by atoms with Crippen molar-refractivity contribution >= 4 is 5.91 Å². The zero-order valence-electron chi connectivity index (χ0n) is 8.70. The van der Waals surface area contributed by atoms with E-state index in [1.807, 2.05) is 6.92 Å². The molecule has 14 heavy (non-hydrogen) atoms. The third-order valence-electron chi connectivity index (χ3n) is 1.88. The zero-order valence-corrected chi connectivity index (χ0v) is 8.70. The van der Waals surface area contributed by atoms with Crippen LogP contribution in [-0.4, -0.2) is 22.8 Å². The zero-order chi connectivity index (χ0) is 10.6. The second kappa shape index (κ2) is 4.64. The van der Waals surface area contributed by atoms with Crippen molar-refractivity contribution in [3.8, 4) is 5.88 Å². The van der Waals surface area contributed by atoms with Crippen LogP contribution in [0.4, 0.5) is 0 Å². The van der Waals surface area contributed by atoms with E-state index in [9.17, 15) is 4.79 Å². The van der Waals surface area contributed by atoms with Gasteiger partial charge in [-0.3, -0.25) is 4.79 Å². The van der Waals surface area contributed by atoms with Crippen molar-refractivity contribution in [2.75, 3.05) is 7.11 Å². The topological polar surface area (TPSA) is 56.1 Å². The van der Waals surface area contributed by atoms with Crippen molar-refractivity contribution in [1.82, 2.24) is 15.1 Å². The van der Waals surface area contributed by atoms with E-state index in [4.69, 9.17) is 4.74 Å².